The van der Waals surface area contributed by atoms with Crippen LogP contribution in [0.25, 0.3) is 11.5 Å². The first-order valence-electron chi connectivity index (χ1n) is 7.89. The van der Waals surface area contributed by atoms with Crippen molar-refractivity contribution in [1.82, 2.24) is 15.1 Å². The van der Waals surface area contributed by atoms with Crippen LogP contribution in [-0.4, -0.2) is 35.3 Å². The molecule has 1 aromatic heterocycles. The summed E-state index contributed by atoms with van der Waals surface area (Å²) < 4.78 is 11.1. The Hall–Kier alpha value is -1.88. The van der Waals surface area contributed by atoms with Crippen LogP contribution in [0.1, 0.15) is 38.6 Å². The Bertz CT molecular complexity index is 609. The molecule has 2 heterocycles. The number of rotatable bonds is 4. The topological polar surface area (TPSA) is 51.4 Å². The van der Waals surface area contributed by atoms with Gasteiger partial charge in [-0.2, -0.15) is 0 Å². The van der Waals surface area contributed by atoms with E-state index in [9.17, 15) is 0 Å². The van der Waals surface area contributed by atoms with Crippen molar-refractivity contribution in [3.05, 3.63) is 30.2 Å². The zero-order chi connectivity index (χ0) is 15.5. The van der Waals surface area contributed by atoms with E-state index in [0.717, 1.165) is 30.3 Å². The van der Waals surface area contributed by atoms with Crippen LogP contribution in [0.2, 0.25) is 0 Å². The molecule has 1 aliphatic heterocycles. The van der Waals surface area contributed by atoms with Crippen molar-refractivity contribution < 1.29 is 9.15 Å². The summed E-state index contributed by atoms with van der Waals surface area (Å²) in [5, 5.41) is 8.44. The fraction of sp³-hybridized carbons (Fsp3) is 0.529. The molecule has 0 unspecified atom stereocenters. The molecule has 0 N–H and O–H groups in total. The van der Waals surface area contributed by atoms with E-state index in [1.54, 1.807) is 7.11 Å². The Balaban J connectivity index is 1.74. The van der Waals surface area contributed by atoms with Gasteiger partial charge in [-0.05, 0) is 56.5 Å². The Kier molecular flexibility index (Phi) is 4.43. The summed E-state index contributed by atoms with van der Waals surface area (Å²) in [5.74, 6) is 2.81. The van der Waals surface area contributed by atoms with Crippen molar-refractivity contribution in [1.29, 1.82) is 0 Å². The third-order valence-electron chi connectivity index (χ3n) is 4.37. The molecule has 1 aromatic carbocycles. The van der Waals surface area contributed by atoms with Gasteiger partial charge in [-0.15, -0.1) is 10.2 Å². The normalized spacial score (nSPS) is 20.8. The Labute approximate surface area is 131 Å². The van der Waals surface area contributed by atoms with Gasteiger partial charge in [0.1, 0.15) is 5.75 Å². The maximum Gasteiger partial charge on any atom is 0.247 e. The first-order valence-corrected chi connectivity index (χ1v) is 7.89. The van der Waals surface area contributed by atoms with Gasteiger partial charge in [-0.25, -0.2) is 0 Å². The predicted octanol–water partition coefficient (Wildman–Crippen LogP) is 3.54. The van der Waals surface area contributed by atoms with Gasteiger partial charge in [-0.1, -0.05) is 6.92 Å². The third kappa shape index (κ3) is 3.14. The van der Waals surface area contributed by atoms with Gasteiger partial charge in [0.2, 0.25) is 11.8 Å². The molecule has 5 heteroatoms. The summed E-state index contributed by atoms with van der Waals surface area (Å²) in [6.07, 6.45) is 2.55. The fourth-order valence-electron chi connectivity index (χ4n) is 2.99. The first-order chi connectivity index (χ1) is 10.7. The highest BCUT2D eigenvalue weighted by molar-refractivity contribution is 5.53. The van der Waals surface area contributed by atoms with Gasteiger partial charge >= 0.3 is 0 Å². The van der Waals surface area contributed by atoms with Crippen molar-refractivity contribution in [2.45, 2.75) is 32.7 Å². The summed E-state index contributed by atoms with van der Waals surface area (Å²) in [6, 6.07) is 7.83. The zero-order valence-electron chi connectivity index (χ0n) is 13.5. The zero-order valence-corrected chi connectivity index (χ0v) is 13.5. The number of methoxy groups -OCH3 is 1. The van der Waals surface area contributed by atoms with Crippen LogP contribution in [0, 0.1) is 5.92 Å². The van der Waals surface area contributed by atoms with Gasteiger partial charge in [0.05, 0.1) is 13.2 Å². The minimum atomic E-state index is 0.169. The molecule has 118 valence electrons. The standard InChI is InChI=1S/C17H23N3O2/c1-12-5-4-10-20(11-12)13(2)16-18-19-17(22-16)14-6-8-15(21-3)9-7-14/h6-9,12-13H,4-5,10-11H2,1-3H3/t12-,13+/m1/s1. The number of benzene rings is 1. The summed E-state index contributed by atoms with van der Waals surface area (Å²) >= 11 is 0. The molecule has 0 spiro atoms. The van der Waals surface area contributed by atoms with Crippen LogP contribution in [-0.2, 0) is 0 Å². The van der Waals surface area contributed by atoms with Gasteiger partial charge in [0, 0.05) is 12.1 Å². The molecule has 1 fully saturated rings. The Morgan fingerprint density at radius 1 is 1.27 bits per heavy atom. The van der Waals surface area contributed by atoms with Crippen molar-refractivity contribution in [3.8, 4) is 17.2 Å². The summed E-state index contributed by atoms with van der Waals surface area (Å²) in [5.41, 5.74) is 0.916. The van der Waals surface area contributed by atoms with Crippen molar-refractivity contribution >= 4 is 0 Å². The maximum absolute atomic E-state index is 5.89. The lowest BCUT2D eigenvalue weighted by atomic mass is 9.99. The monoisotopic (exact) mass is 301 g/mol. The summed E-state index contributed by atoms with van der Waals surface area (Å²) in [4.78, 5) is 2.43. The lowest BCUT2D eigenvalue weighted by molar-refractivity contribution is 0.122. The molecule has 0 aliphatic carbocycles. The van der Waals surface area contributed by atoms with E-state index in [2.05, 4.69) is 28.9 Å². The molecule has 22 heavy (non-hydrogen) atoms. The lowest BCUT2D eigenvalue weighted by Crippen LogP contribution is -2.36. The second kappa shape index (κ2) is 6.48. The van der Waals surface area contributed by atoms with E-state index < -0.39 is 0 Å². The van der Waals surface area contributed by atoms with Crippen LogP contribution in [0.4, 0.5) is 0 Å². The number of piperidine rings is 1. The molecule has 3 rings (SSSR count). The quantitative estimate of drug-likeness (QED) is 0.864. The van der Waals surface area contributed by atoms with Crippen LogP contribution in [0.5, 0.6) is 5.75 Å². The highest BCUT2D eigenvalue weighted by Gasteiger charge is 2.25. The molecule has 0 radical (unpaired) electrons. The molecule has 2 aromatic rings. The second-order valence-corrected chi connectivity index (χ2v) is 6.09. The average molecular weight is 301 g/mol. The number of ether oxygens (including phenoxy) is 1. The second-order valence-electron chi connectivity index (χ2n) is 6.09. The fourth-order valence-corrected chi connectivity index (χ4v) is 2.99. The number of likely N-dealkylation sites (tertiary alicyclic amines) is 1. The van der Waals surface area contributed by atoms with Gasteiger partial charge in [0.25, 0.3) is 0 Å². The van der Waals surface area contributed by atoms with Crippen LogP contribution in [0.15, 0.2) is 28.7 Å². The molecule has 1 saturated heterocycles. The maximum atomic E-state index is 5.89. The Morgan fingerprint density at radius 3 is 2.73 bits per heavy atom. The highest BCUT2D eigenvalue weighted by atomic mass is 16.5. The summed E-state index contributed by atoms with van der Waals surface area (Å²) in [6.45, 7) is 6.64. The summed E-state index contributed by atoms with van der Waals surface area (Å²) in [7, 11) is 1.65. The largest absolute Gasteiger partial charge is 0.497 e. The first kappa shape index (κ1) is 15.0. The van der Waals surface area contributed by atoms with E-state index in [-0.39, 0.29) is 6.04 Å². The SMILES string of the molecule is COc1ccc(-c2nnc([C@H](C)N3CCC[C@@H](C)C3)o2)cc1. The molecule has 0 saturated carbocycles. The molecule has 1 aliphatic rings. The third-order valence-corrected chi connectivity index (χ3v) is 4.37. The lowest BCUT2D eigenvalue weighted by Gasteiger charge is -2.33. The van der Waals surface area contributed by atoms with Gasteiger partial charge in [-0.3, -0.25) is 4.90 Å². The van der Waals surface area contributed by atoms with Crippen LogP contribution < -0.4 is 4.74 Å². The van der Waals surface area contributed by atoms with E-state index in [4.69, 9.17) is 9.15 Å². The van der Waals surface area contributed by atoms with Crippen molar-refractivity contribution in [2.75, 3.05) is 20.2 Å². The number of hydrogen-bond donors (Lipinski definition) is 0. The minimum Gasteiger partial charge on any atom is -0.497 e. The number of hydrogen-bond acceptors (Lipinski definition) is 5. The Morgan fingerprint density at radius 2 is 2.05 bits per heavy atom. The highest BCUT2D eigenvalue weighted by Crippen LogP contribution is 2.28. The molecule has 0 amide bonds. The van der Waals surface area contributed by atoms with Crippen molar-refractivity contribution in [3.63, 3.8) is 0 Å². The molecule has 0 bridgehead atoms. The molecular formula is C17H23N3O2. The number of nitrogens with zero attached hydrogens (tertiary/aromatic N) is 3. The van der Waals surface area contributed by atoms with E-state index >= 15 is 0 Å². The van der Waals surface area contributed by atoms with Gasteiger partial charge in [0.15, 0.2) is 0 Å². The predicted molar refractivity (Wildman–Crippen MR) is 84.7 cm³/mol. The van der Waals surface area contributed by atoms with E-state index in [0.29, 0.717) is 11.8 Å². The molecular weight excluding hydrogens is 278 g/mol. The van der Waals surface area contributed by atoms with Crippen molar-refractivity contribution in [2.24, 2.45) is 5.92 Å². The molecule has 2 atom stereocenters. The van der Waals surface area contributed by atoms with Gasteiger partial charge < -0.3 is 9.15 Å². The van der Waals surface area contributed by atoms with Crippen LogP contribution >= 0.6 is 0 Å². The van der Waals surface area contributed by atoms with E-state index in [1.165, 1.54) is 12.8 Å². The smallest absolute Gasteiger partial charge is 0.247 e. The van der Waals surface area contributed by atoms with Crippen LogP contribution in [0.3, 0.4) is 0 Å². The number of aromatic nitrogens is 2. The minimum absolute atomic E-state index is 0.169. The van der Waals surface area contributed by atoms with E-state index in [1.807, 2.05) is 24.3 Å². The average Bonchev–Trinajstić information content (AvgIpc) is 3.04. The molecule has 5 nitrogen and oxygen atoms in total.